The number of hydrogen-bond donors (Lipinski definition) is 3. The standard InChI is InChI=1S/C20H19ClN10O/c1-30(2)10-16(32)26-14-5-11(7-22)6-15(17(14)21)27-20-28-18(25-12-3-4-12)19-24-9-13(8-23)31(19)29-20/h5-6,9,12H,3-4,10H2,1-2H3,(H,26,32)(H2,25,27,28,29). The topological polar surface area (TPSA) is 147 Å². The smallest absolute Gasteiger partial charge is 0.247 e. The highest BCUT2D eigenvalue weighted by Gasteiger charge is 2.24. The molecule has 0 aliphatic heterocycles. The van der Waals surface area contributed by atoms with Gasteiger partial charge in [-0.15, -0.1) is 5.10 Å². The van der Waals surface area contributed by atoms with Crippen LogP contribution in [-0.2, 0) is 4.79 Å². The van der Waals surface area contributed by atoms with Gasteiger partial charge in [0.2, 0.25) is 11.9 Å². The Balaban J connectivity index is 1.71. The van der Waals surface area contributed by atoms with Crippen molar-refractivity contribution in [2.45, 2.75) is 18.9 Å². The molecule has 1 aliphatic rings. The number of fused-ring (bicyclic) bond motifs is 1. The van der Waals surface area contributed by atoms with Gasteiger partial charge in [-0.2, -0.15) is 20.0 Å². The lowest BCUT2D eigenvalue weighted by molar-refractivity contribution is -0.116. The monoisotopic (exact) mass is 450 g/mol. The number of amides is 1. The normalized spacial score (nSPS) is 12.9. The van der Waals surface area contributed by atoms with Crippen LogP contribution in [0.3, 0.4) is 0 Å². The molecule has 0 radical (unpaired) electrons. The maximum atomic E-state index is 12.2. The minimum Gasteiger partial charge on any atom is -0.364 e. The zero-order valence-corrected chi connectivity index (χ0v) is 18.1. The van der Waals surface area contributed by atoms with Crippen molar-refractivity contribution in [3.8, 4) is 12.1 Å². The number of carbonyl (C=O) groups excluding carboxylic acids is 1. The summed E-state index contributed by atoms with van der Waals surface area (Å²) in [5.74, 6) is 0.361. The maximum absolute atomic E-state index is 12.2. The van der Waals surface area contributed by atoms with Crippen LogP contribution in [0.2, 0.25) is 5.02 Å². The lowest BCUT2D eigenvalue weighted by Gasteiger charge is -2.15. The first kappa shape index (κ1) is 21.3. The maximum Gasteiger partial charge on any atom is 0.247 e. The SMILES string of the molecule is CN(C)CC(=O)Nc1cc(C#N)cc(Nc2nc(NC3CC3)c3ncc(C#N)n3n2)c1Cl. The molecule has 12 heteroatoms. The average molecular weight is 451 g/mol. The second-order valence-corrected chi connectivity index (χ2v) is 7.98. The fourth-order valence-electron chi connectivity index (χ4n) is 3.00. The Kier molecular flexibility index (Phi) is 5.77. The van der Waals surface area contributed by atoms with Crippen LogP contribution in [0.25, 0.3) is 5.65 Å². The Bertz CT molecular complexity index is 1280. The van der Waals surface area contributed by atoms with E-state index in [-0.39, 0.29) is 40.4 Å². The minimum atomic E-state index is -0.274. The fourth-order valence-corrected chi connectivity index (χ4v) is 3.20. The molecule has 1 saturated carbocycles. The fraction of sp³-hybridized carbons (Fsp3) is 0.300. The van der Waals surface area contributed by atoms with Crippen molar-refractivity contribution in [1.82, 2.24) is 24.5 Å². The van der Waals surface area contributed by atoms with Crippen molar-refractivity contribution in [3.63, 3.8) is 0 Å². The summed E-state index contributed by atoms with van der Waals surface area (Å²) in [6.45, 7) is 0.156. The number of nitrogens with zero attached hydrogens (tertiary/aromatic N) is 7. The van der Waals surface area contributed by atoms with Crippen LogP contribution in [0.5, 0.6) is 0 Å². The molecule has 32 heavy (non-hydrogen) atoms. The van der Waals surface area contributed by atoms with Gasteiger partial charge < -0.3 is 20.9 Å². The number of carbonyl (C=O) groups is 1. The van der Waals surface area contributed by atoms with Gasteiger partial charge in [-0.3, -0.25) is 4.79 Å². The first-order chi connectivity index (χ1) is 15.4. The molecule has 2 heterocycles. The molecule has 1 fully saturated rings. The minimum absolute atomic E-state index is 0.151. The first-order valence-electron chi connectivity index (χ1n) is 9.75. The van der Waals surface area contributed by atoms with Crippen LogP contribution < -0.4 is 16.0 Å². The quantitative estimate of drug-likeness (QED) is 0.493. The third kappa shape index (κ3) is 4.54. The predicted molar refractivity (Wildman–Crippen MR) is 119 cm³/mol. The number of anilines is 4. The molecule has 0 atom stereocenters. The highest BCUT2D eigenvalue weighted by Crippen LogP contribution is 2.34. The van der Waals surface area contributed by atoms with Crippen LogP contribution in [0, 0.1) is 22.7 Å². The van der Waals surface area contributed by atoms with E-state index in [2.05, 4.69) is 37.1 Å². The highest BCUT2D eigenvalue weighted by atomic mass is 35.5. The molecule has 0 unspecified atom stereocenters. The predicted octanol–water partition coefficient (Wildman–Crippen LogP) is 2.34. The summed E-state index contributed by atoms with van der Waals surface area (Å²) in [4.78, 5) is 22.6. The summed E-state index contributed by atoms with van der Waals surface area (Å²) in [7, 11) is 3.54. The summed E-state index contributed by atoms with van der Waals surface area (Å²) in [6, 6.07) is 7.43. The van der Waals surface area contributed by atoms with Crippen molar-refractivity contribution in [3.05, 3.63) is 34.6 Å². The number of benzene rings is 1. The molecule has 1 aliphatic carbocycles. The summed E-state index contributed by atoms with van der Waals surface area (Å²) >= 11 is 6.52. The van der Waals surface area contributed by atoms with Gasteiger partial charge in [-0.1, -0.05) is 11.6 Å². The molecule has 0 bridgehead atoms. The Morgan fingerprint density at radius 2 is 2.03 bits per heavy atom. The van der Waals surface area contributed by atoms with E-state index in [0.29, 0.717) is 23.2 Å². The Labute approximate surface area is 188 Å². The number of likely N-dealkylation sites (N-methyl/N-ethyl adjacent to an activating group) is 1. The third-order valence-electron chi connectivity index (χ3n) is 4.58. The molecule has 1 aromatic carbocycles. The van der Waals surface area contributed by atoms with Crippen LogP contribution in [-0.4, -0.2) is 57.1 Å². The highest BCUT2D eigenvalue weighted by molar-refractivity contribution is 6.36. The number of halogens is 1. The van der Waals surface area contributed by atoms with Gasteiger partial charge in [-0.25, -0.2) is 4.98 Å². The molecule has 4 rings (SSSR count). The van der Waals surface area contributed by atoms with Crippen molar-refractivity contribution in [1.29, 1.82) is 10.5 Å². The zero-order chi connectivity index (χ0) is 22.8. The van der Waals surface area contributed by atoms with Gasteiger partial charge in [0.05, 0.1) is 40.8 Å². The number of hydrogen-bond acceptors (Lipinski definition) is 9. The lowest BCUT2D eigenvalue weighted by Crippen LogP contribution is -2.27. The van der Waals surface area contributed by atoms with Crippen LogP contribution in [0.1, 0.15) is 24.1 Å². The van der Waals surface area contributed by atoms with E-state index in [9.17, 15) is 15.3 Å². The van der Waals surface area contributed by atoms with Gasteiger partial charge >= 0.3 is 0 Å². The molecule has 162 valence electrons. The Morgan fingerprint density at radius 3 is 2.69 bits per heavy atom. The second-order valence-electron chi connectivity index (χ2n) is 7.60. The molecular weight excluding hydrogens is 432 g/mol. The first-order valence-corrected chi connectivity index (χ1v) is 10.1. The van der Waals surface area contributed by atoms with Gasteiger partial charge in [-0.05, 0) is 39.1 Å². The molecule has 3 N–H and O–H groups in total. The number of aromatic nitrogens is 4. The molecule has 3 aromatic rings. The average Bonchev–Trinajstić information content (AvgIpc) is 3.46. The largest absolute Gasteiger partial charge is 0.364 e. The van der Waals surface area contributed by atoms with Gasteiger partial charge in [0.15, 0.2) is 17.2 Å². The van der Waals surface area contributed by atoms with E-state index >= 15 is 0 Å². The molecule has 2 aromatic heterocycles. The van der Waals surface area contributed by atoms with Crippen molar-refractivity contribution in [2.75, 3.05) is 36.6 Å². The third-order valence-corrected chi connectivity index (χ3v) is 4.98. The van der Waals surface area contributed by atoms with E-state index in [4.69, 9.17) is 11.6 Å². The van der Waals surface area contributed by atoms with E-state index in [0.717, 1.165) is 12.8 Å². The second kappa shape index (κ2) is 8.67. The van der Waals surface area contributed by atoms with Crippen molar-refractivity contribution in [2.24, 2.45) is 0 Å². The molecule has 11 nitrogen and oxygen atoms in total. The Hall–Kier alpha value is -3.93. The molecule has 0 spiro atoms. The van der Waals surface area contributed by atoms with Gasteiger partial charge in [0.25, 0.3) is 0 Å². The summed E-state index contributed by atoms with van der Waals surface area (Å²) in [5, 5.41) is 32.3. The lowest BCUT2D eigenvalue weighted by atomic mass is 10.2. The molecule has 0 saturated heterocycles. The zero-order valence-electron chi connectivity index (χ0n) is 17.3. The van der Waals surface area contributed by atoms with E-state index in [1.807, 2.05) is 6.07 Å². The van der Waals surface area contributed by atoms with Crippen molar-refractivity contribution < 1.29 is 4.79 Å². The van der Waals surface area contributed by atoms with E-state index < -0.39 is 0 Å². The van der Waals surface area contributed by atoms with Crippen molar-refractivity contribution >= 4 is 46.3 Å². The van der Waals surface area contributed by atoms with Crippen LogP contribution >= 0.6 is 11.6 Å². The number of nitrogens with one attached hydrogen (secondary N) is 3. The Morgan fingerprint density at radius 1 is 1.28 bits per heavy atom. The van der Waals surface area contributed by atoms with Crippen LogP contribution in [0.4, 0.5) is 23.1 Å². The van der Waals surface area contributed by atoms with Gasteiger partial charge in [0, 0.05) is 6.04 Å². The molecule has 1 amide bonds. The number of imidazole rings is 1. The number of nitriles is 2. The summed E-state index contributed by atoms with van der Waals surface area (Å²) in [5.41, 5.74) is 1.60. The van der Waals surface area contributed by atoms with Gasteiger partial charge in [0.1, 0.15) is 6.07 Å². The number of rotatable bonds is 7. The van der Waals surface area contributed by atoms with E-state index in [1.165, 1.54) is 22.8 Å². The van der Waals surface area contributed by atoms with E-state index in [1.54, 1.807) is 19.0 Å². The summed E-state index contributed by atoms with van der Waals surface area (Å²) in [6.07, 6.45) is 3.47. The van der Waals surface area contributed by atoms with Crippen LogP contribution in [0.15, 0.2) is 18.3 Å². The molecular formula is C20H19ClN10O. The summed E-state index contributed by atoms with van der Waals surface area (Å²) < 4.78 is 1.39.